The summed E-state index contributed by atoms with van der Waals surface area (Å²) < 4.78 is 0. The van der Waals surface area contributed by atoms with E-state index in [1.807, 2.05) is 38.1 Å². The molecule has 0 heterocycles. The number of hydrogen-bond donors (Lipinski definition) is 4. The zero-order chi connectivity index (χ0) is 16.8. The molecule has 0 aromatic heterocycles. The number of hydrogen-bond acceptors (Lipinski definition) is 3. The first-order valence-corrected chi connectivity index (χ1v) is 8.16. The number of nitrogens with two attached hydrogens (primary N) is 1. The van der Waals surface area contributed by atoms with Gasteiger partial charge in [-0.3, -0.25) is 4.79 Å². The third kappa shape index (κ3) is 6.28. The minimum absolute atomic E-state index is 0.000753. The van der Waals surface area contributed by atoms with E-state index in [0.29, 0.717) is 18.9 Å². The Morgan fingerprint density at radius 2 is 1.87 bits per heavy atom. The fraction of sp³-hybridized carbons (Fsp3) is 0.529. The Balaban J connectivity index is 1.80. The number of benzene rings is 1. The molecule has 1 saturated carbocycles. The Labute approximate surface area is 137 Å². The summed E-state index contributed by atoms with van der Waals surface area (Å²) in [7, 11) is 0. The number of carbonyl (C=O) groups excluding carboxylic acids is 2. The van der Waals surface area contributed by atoms with Crippen molar-refractivity contribution in [3.8, 4) is 0 Å². The molecule has 0 saturated heterocycles. The van der Waals surface area contributed by atoms with Crippen molar-refractivity contribution in [2.75, 3.05) is 5.32 Å². The summed E-state index contributed by atoms with van der Waals surface area (Å²) in [6, 6.07) is 7.61. The molecule has 3 amide bonds. The third-order valence-corrected chi connectivity index (χ3v) is 3.79. The SMILES string of the molecule is CC(N)CCC(=O)NC(C)c1ccc(NC(=O)NC2CC2)cc1. The predicted octanol–water partition coefficient (Wildman–Crippen LogP) is 2.28. The van der Waals surface area contributed by atoms with Crippen LogP contribution in [0.3, 0.4) is 0 Å². The molecule has 1 aliphatic rings. The van der Waals surface area contributed by atoms with E-state index in [-0.39, 0.29) is 24.0 Å². The van der Waals surface area contributed by atoms with Gasteiger partial charge in [-0.1, -0.05) is 12.1 Å². The molecule has 0 aliphatic heterocycles. The molecular formula is C17H26N4O2. The third-order valence-electron chi connectivity index (χ3n) is 3.79. The van der Waals surface area contributed by atoms with E-state index < -0.39 is 0 Å². The van der Waals surface area contributed by atoms with Crippen LogP contribution in [0.25, 0.3) is 0 Å². The Kier molecular flexibility index (Phi) is 5.98. The summed E-state index contributed by atoms with van der Waals surface area (Å²) in [4.78, 5) is 23.5. The van der Waals surface area contributed by atoms with Crippen molar-refractivity contribution in [1.82, 2.24) is 10.6 Å². The highest BCUT2D eigenvalue weighted by molar-refractivity contribution is 5.89. The normalized spacial score (nSPS) is 16.3. The van der Waals surface area contributed by atoms with Crippen molar-refractivity contribution in [2.24, 2.45) is 5.73 Å². The molecule has 23 heavy (non-hydrogen) atoms. The summed E-state index contributed by atoms with van der Waals surface area (Å²) in [5.74, 6) is 0.000753. The largest absolute Gasteiger partial charge is 0.350 e. The molecule has 2 atom stereocenters. The van der Waals surface area contributed by atoms with Gasteiger partial charge in [0.05, 0.1) is 6.04 Å². The average Bonchev–Trinajstić information content (AvgIpc) is 3.29. The Morgan fingerprint density at radius 1 is 1.22 bits per heavy atom. The molecule has 0 radical (unpaired) electrons. The molecule has 6 nitrogen and oxygen atoms in total. The van der Waals surface area contributed by atoms with Crippen LogP contribution in [0.1, 0.15) is 51.1 Å². The Morgan fingerprint density at radius 3 is 2.43 bits per heavy atom. The molecule has 2 unspecified atom stereocenters. The predicted molar refractivity (Wildman–Crippen MR) is 91.1 cm³/mol. The summed E-state index contributed by atoms with van der Waals surface area (Å²) >= 11 is 0. The van der Waals surface area contributed by atoms with E-state index in [1.54, 1.807) is 0 Å². The van der Waals surface area contributed by atoms with Gasteiger partial charge in [0.1, 0.15) is 0 Å². The number of urea groups is 1. The van der Waals surface area contributed by atoms with Crippen molar-refractivity contribution in [3.05, 3.63) is 29.8 Å². The second-order valence-corrected chi connectivity index (χ2v) is 6.30. The first kappa shape index (κ1) is 17.3. The average molecular weight is 318 g/mol. The highest BCUT2D eigenvalue weighted by atomic mass is 16.2. The minimum atomic E-state index is -0.169. The molecule has 1 aromatic rings. The summed E-state index contributed by atoms with van der Waals surface area (Å²) in [6.07, 6.45) is 3.24. The molecule has 0 bridgehead atoms. The fourth-order valence-electron chi connectivity index (χ4n) is 2.19. The number of rotatable bonds is 7. The van der Waals surface area contributed by atoms with E-state index in [9.17, 15) is 9.59 Å². The molecular weight excluding hydrogens is 292 g/mol. The number of amides is 3. The van der Waals surface area contributed by atoms with Crippen LogP contribution in [0.4, 0.5) is 10.5 Å². The lowest BCUT2D eigenvalue weighted by molar-refractivity contribution is -0.121. The first-order valence-electron chi connectivity index (χ1n) is 8.16. The smallest absolute Gasteiger partial charge is 0.319 e. The highest BCUT2D eigenvalue weighted by Gasteiger charge is 2.23. The van der Waals surface area contributed by atoms with Gasteiger partial charge in [0.15, 0.2) is 0 Å². The highest BCUT2D eigenvalue weighted by Crippen LogP contribution is 2.19. The van der Waals surface area contributed by atoms with Crippen molar-refractivity contribution in [3.63, 3.8) is 0 Å². The molecule has 126 valence electrons. The van der Waals surface area contributed by atoms with Gasteiger partial charge in [-0.15, -0.1) is 0 Å². The van der Waals surface area contributed by atoms with E-state index >= 15 is 0 Å². The topological polar surface area (TPSA) is 96.2 Å². The molecule has 6 heteroatoms. The van der Waals surface area contributed by atoms with Crippen LogP contribution in [0, 0.1) is 0 Å². The van der Waals surface area contributed by atoms with Crippen LogP contribution in [0.5, 0.6) is 0 Å². The standard InChI is InChI=1S/C17H26N4O2/c1-11(18)3-10-16(22)19-12(2)13-4-6-14(7-5-13)20-17(23)21-15-8-9-15/h4-7,11-12,15H,3,8-10,18H2,1-2H3,(H,19,22)(H2,20,21,23). The summed E-state index contributed by atoms with van der Waals surface area (Å²) in [5, 5.41) is 8.63. The van der Waals surface area contributed by atoms with E-state index in [1.165, 1.54) is 0 Å². The number of nitrogens with one attached hydrogen (secondary N) is 3. The maximum atomic E-state index is 11.8. The van der Waals surface area contributed by atoms with Crippen LogP contribution in [0.15, 0.2) is 24.3 Å². The Hall–Kier alpha value is -2.08. The maximum absolute atomic E-state index is 11.8. The summed E-state index contributed by atoms with van der Waals surface area (Å²) in [6.45, 7) is 3.83. The number of anilines is 1. The van der Waals surface area contributed by atoms with Crippen molar-refractivity contribution in [2.45, 2.75) is 57.7 Å². The second kappa shape index (κ2) is 7.97. The van der Waals surface area contributed by atoms with Gasteiger partial charge in [-0.25, -0.2) is 4.79 Å². The molecule has 0 spiro atoms. The van der Waals surface area contributed by atoms with Gasteiger partial charge in [0.2, 0.25) is 5.91 Å². The second-order valence-electron chi connectivity index (χ2n) is 6.30. The van der Waals surface area contributed by atoms with E-state index in [2.05, 4.69) is 16.0 Å². The lowest BCUT2D eigenvalue weighted by atomic mass is 10.1. The summed E-state index contributed by atoms with van der Waals surface area (Å²) in [5.41, 5.74) is 7.38. The van der Waals surface area contributed by atoms with Gasteiger partial charge in [-0.05, 0) is 50.8 Å². The lowest BCUT2D eigenvalue weighted by Gasteiger charge is -2.15. The maximum Gasteiger partial charge on any atom is 0.319 e. The van der Waals surface area contributed by atoms with Crippen LogP contribution in [0.2, 0.25) is 0 Å². The van der Waals surface area contributed by atoms with E-state index in [4.69, 9.17) is 5.73 Å². The number of carbonyl (C=O) groups is 2. The lowest BCUT2D eigenvalue weighted by Crippen LogP contribution is -2.30. The van der Waals surface area contributed by atoms with Gasteiger partial charge >= 0.3 is 6.03 Å². The van der Waals surface area contributed by atoms with Gasteiger partial charge in [0.25, 0.3) is 0 Å². The fourth-order valence-corrected chi connectivity index (χ4v) is 2.19. The van der Waals surface area contributed by atoms with Crippen molar-refractivity contribution in [1.29, 1.82) is 0 Å². The molecule has 1 aliphatic carbocycles. The monoisotopic (exact) mass is 318 g/mol. The molecule has 1 fully saturated rings. The van der Waals surface area contributed by atoms with Gasteiger partial charge in [-0.2, -0.15) is 0 Å². The first-order chi connectivity index (χ1) is 10.9. The van der Waals surface area contributed by atoms with E-state index in [0.717, 1.165) is 24.1 Å². The van der Waals surface area contributed by atoms with Crippen LogP contribution in [-0.4, -0.2) is 24.0 Å². The van der Waals surface area contributed by atoms with Gasteiger partial charge in [0, 0.05) is 24.2 Å². The van der Waals surface area contributed by atoms with Crippen LogP contribution in [-0.2, 0) is 4.79 Å². The van der Waals surface area contributed by atoms with Crippen molar-refractivity contribution >= 4 is 17.6 Å². The van der Waals surface area contributed by atoms with Crippen molar-refractivity contribution < 1.29 is 9.59 Å². The van der Waals surface area contributed by atoms with Crippen LogP contribution >= 0.6 is 0 Å². The Bertz CT molecular complexity index is 538. The molecule has 5 N–H and O–H groups in total. The van der Waals surface area contributed by atoms with Gasteiger partial charge < -0.3 is 21.7 Å². The molecule has 1 aromatic carbocycles. The quantitative estimate of drug-likeness (QED) is 0.621. The zero-order valence-corrected chi connectivity index (χ0v) is 13.8. The minimum Gasteiger partial charge on any atom is -0.350 e. The van der Waals surface area contributed by atoms with Crippen LogP contribution < -0.4 is 21.7 Å². The molecule has 2 rings (SSSR count). The zero-order valence-electron chi connectivity index (χ0n) is 13.8.